The van der Waals surface area contributed by atoms with Gasteiger partial charge in [0.25, 0.3) is 5.91 Å². The Hall–Kier alpha value is -1.41. The number of urea groups is 1. The molecule has 1 aliphatic heterocycles. The van der Waals surface area contributed by atoms with E-state index >= 15 is 0 Å². The van der Waals surface area contributed by atoms with Gasteiger partial charge in [-0.05, 0) is 24.6 Å². The number of nitrogens with one attached hydrogen (secondary N) is 1. The number of benzene rings is 1. The molecule has 1 N–H and O–H groups in total. The normalized spacial score (nSPS) is 22.5. The summed E-state index contributed by atoms with van der Waals surface area (Å²) < 4.78 is 23.3. The van der Waals surface area contributed by atoms with Crippen LogP contribution < -0.4 is 5.32 Å². The summed E-state index contributed by atoms with van der Waals surface area (Å²) in [7, 11) is -3.25. The first-order valence-corrected chi connectivity index (χ1v) is 9.07. The molecule has 21 heavy (non-hydrogen) atoms. The molecule has 1 aromatic carbocycles. The van der Waals surface area contributed by atoms with Crippen LogP contribution in [0.15, 0.2) is 28.7 Å². The van der Waals surface area contributed by atoms with Crippen molar-refractivity contribution in [2.24, 2.45) is 0 Å². The summed E-state index contributed by atoms with van der Waals surface area (Å²) >= 11 is 3.31. The summed E-state index contributed by atoms with van der Waals surface area (Å²) in [5.74, 6) is -0.693. The second-order valence-corrected chi connectivity index (χ2v) is 8.32. The van der Waals surface area contributed by atoms with Crippen molar-refractivity contribution in [3.05, 3.63) is 34.3 Å². The van der Waals surface area contributed by atoms with E-state index in [0.717, 1.165) is 15.6 Å². The van der Waals surface area contributed by atoms with Crippen LogP contribution in [-0.4, -0.2) is 43.8 Å². The zero-order valence-electron chi connectivity index (χ0n) is 11.6. The van der Waals surface area contributed by atoms with Gasteiger partial charge in [-0.3, -0.25) is 9.69 Å². The topological polar surface area (TPSA) is 83.6 Å². The maximum absolute atomic E-state index is 12.5. The quantitative estimate of drug-likeness (QED) is 0.804. The van der Waals surface area contributed by atoms with Gasteiger partial charge >= 0.3 is 6.03 Å². The molecule has 1 aromatic rings. The minimum absolute atomic E-state index is 0.143. The first-order chi connectivity index (χ1) is 9.63. The van der Waals surface area contributed by atoms with E-state index in [9.17, 15) is 18.0 Å². The Balaban J connectivity index is 2.26. The van der Waals surface area contributed by atoms with Gasteiger partial charge in [0.15, 0.2) is 0 Å². The number of halogens is 1. The predicted molar refractivity (Wildman–Crippen MR) is 81.4 cm³/mol. The van der Waals surface area contributed by atoms with Gasteiger partial charge in [0, 0.05) is 17.3 Å². The van der Waals surface area contributed by atoms with Crippen molar-refractivity contribution >= 4 is 37.7 Å². The van der Waals surface area contributed by atoms with Gasteiger partial charge in [0.05, 0.1) is 5.75 Å². The maximum Gasteiger partial charge on any atom is 0.325 e. The average molecular weight is 375 g/mol. The first-order valence-electron chi connectivity index (χ1n) is 6.21. The van der Waals surface area contributed by atoms with Crippen molar-refractivity contribution in [1.29, 1.82) is 0 Å². The smallest absolute Gasteiger partial charge is 0.319 e. The number of hydrogen-bond acceptors (Lipinski definition) is 4. The van der Waals surface area contributed by atoms with Crippen molar-refractivity contribution in [1.82, 2.24) is 10.2 Å². The van der Waals surface area contributed by atoms with E-state index < -0.39 is 27.3 Å². The molecule has 0 aliphatic carbocycles. The summed E-state index contributed by atoms with van der Waals surface area (Å²) in [5.41, 5.74) is -0.527. The largest absolute Gasteiger partial charge is 0.325 e. The van der Waals surface area contributed by atoms with E-state index in [2.05, 4.69) is 21.2 Å². The Bertz CT molecular complexity index is 687. The van der Waals surface area contributed by atoms with Crippen LogP contribution in [0.25, 0.3) is 0 Å². The second-order valence-electron chi connectivity index (χ2n) is 5.15. The third kappa shape index (κ3) is 3.26. The molecule has 0 radical (unpaired) electrons. The zero-order valence-corrected chi connectivity index (χ0v) is 14.0. The van der Waals surface area contributed by atoms with Crippen LogP contribution in [0.3, 0.4) is 0 Å². The molecule has 114 valence electrons. The SMILES string of the molecule is CC1(c2ccc(Br)cc2)NC(=O)N(CCS(C)(=O)=O)C1=O. The number of imide groups is 1. The number of sulfone groups is 1. The first kappa shape index (κ1) is 16.0. The number of nitrogens with zero attached hydrogens (tertiary/aromatic N) is 1. The van der Waals surface area contributed by atoms with Gasteiger partial charge in [0.2, 0.25) is 0 Å². The second kappa shape index (κ2) is 5.42. The van der Waals surface area contributed by atoms with E-state index in [1.807, 2.05) is 0 Å². The molecule has 2 rings (SSSR count). The molecule has 1 heterocycles. The highest BCUT2D eigenvalue weighted by Crippen LogP contribution is 2.29. The minimum Gasteiger partial charge on any atom is -0.319 e. The van der Waals surface area contributed by atoms with Crippen LogP contribution in [0, 0.1) is 0 Å². The number of amides is 3. The summed E-state index contributed by atoms with van der Waals surface area (Å²) in [6, 6.07) is 6.46. The van der Waals surface area contributed by atoms with E-state index in [-0.39, 0.29) is 12.3 Å². The number of carbonyl (C=O) groups excluding carboxylic acids is 2. The fraction of sp³-hybridized carbons (Fsp3) is 0.385. The summed E-state index contributed by atoms with van der Waals surface area (Å²) in [6.07, 6.45) is 1.07. The molecule has 3 amide bonds. The Labute approximate surface area is 131 Å². The van der Waals surface area contributed by atoms with Crippen molar-refractivity contribution in [3.8, 4) is 0 Å². The Morgan fingerprint density at radius 1 is 1.24 bits per heavy atom. The van der Waals surface area contributed by atoms with E-state index in [1.54, 1.807) is 31.2 Å². The highest BCUT2D eigenvalue weighted by atomic mass is 79.9. The number of carbonyl (C=O) groups is 2. The zero-order chi connectivity index (χ0) is 15.8. The molecule has 0 saturated carbocycles. The molecule has 0 spiro atoms. The van der Waals surface area contributed by atoms with Gasteiger partial charge in [-0.1, -0.05) is 28.1 Å². The lowest BCUT2D eigenvalue weighted by Crippen LogP contribution is -2.41. The Kier molecular flexibility index (Phi) is 4.12. The molecular formula is C13H15BrN2O4S. The molecule has 1 atom stereocenters. The van der Waals surface area contributed by atoms with Crippen LogP contribution in [0.5, 0.6) is 0 Å². The number of rotatable bonds is 4. The Morgan fingerprint density at radius 2 is 1.81 bits per heavy atom. The van der Waals surface area contributed by atoms with Crippen molar-refractivity contribution < 1.29 is 18.0 Å². The van der Waals surface area contributed by atoms with E-state index in [1.165, 1.54) is 0 Å². The molecule has 1 saturated heterocycles. The van der Waals surface area contributed by atoms with E-state index in [4.69, 9.17) is 0 Å². The third-order valence-electron chi connectivity index (χ3n) is 3.38. The maximum atomic E-state index is 12.5. The Morgan fingerprint density at radius 3 is 2.33 bits per heavy atom. The fourth-order valence-electron chi connectivity index (χ4n) is 2.14. The molecule has 1 unspecified atom stereocenters. The molecule has 0 aromatic heterocycles. The summed E-state index contributed by atoms with van der Waals surface area (Å²) in [4.78, 5) is 25.4. The molecular weight excluding hydrogens is 360 g/mol. The summed E-state index contributed by atoms with van der Waals surface area (Å²) in [6.45, 7) is 1.46. The lowest BCUT2D eigenvalue weighted by Gasteiger charge is -2.22. The van der Waals surface area contributed by atoms with Crippen LogP contribution in [-0.2, 0) is 20.2 Å². The molecule has 6 nitrogen and oxygen atoms in total. The standard InChI is InChI=1S/C13H15BrN2O4S/c1-13(9-3-5-10(14)6-4-9)11(17)16(12(18)15-13)7-8-21(2,19)20/h3-6H,7-8H2,1-2H3,(H,15,18). The van der Waals surface area contributed by atoms with Crippen LogP contribution in [0.2, 0.25) is 0 Å². The van der Waals surface area contributed by atoms with Crippen LogP contribution in [0.4, 0.5) is 4.79 Å². The molecule has 1 aliphatic rings. The van der Waals surface area contributed by atoms with Crippen LogP contribution >= 0.6 is 15.9 Å². The lowest BCUT2D eigenvalue weighted by molar-refractivity contribution is -0.130. The third-order valence-corrected chi connectivity index (χ3v) is 4.84. The van der Waals surface area contributed by atoms with Gasteiger partial charge in [0.1, 0.15) is 15.4 Å². The molecule has 1 fully saturated rings. The fourth-order valence-corrected chi connectivity index (χ4v) is 2.91. The highest BCUT2D eigenvalue weighted by Gasteiger charge is 2.48. The number of hydrogen-bond donors (Lipinski definition) is 1. The van der Waals surface area contributed by atoms with E-state index in [0.29, 0.717) is 5.56 Å². The van der Waals surface area contributed by atoms with Gasteiger partial charge in [-0.25, -0.2) is 13.2 Å². The van der Waals surface area contributed by atoms with Crippen molar-refractivity contribution in [2.45, 2.75) is 12.5 Å². The molecule has 0 bridgehead atoms. The van der Waals surface area contributed by atoms with Crippen molar-refractivity contribution in [2.75, 3.05) is 18.6 Å². The lowest BCUT2D eigenvalue weighted by atomic mass is 9.92. The minimum atomic E-state index is -3.25. The predicted octanol–water partition coefficient (Wildman–Crippen LogP) is 1.26. The monoisotopic (exact) mass is 374 g/mol. The highest BCUT2D eigenvalue weighted by molar-refractivity contribution is 9.10. The van der Waals surface area contributed by atoms with Crippen molar-refractivity contribution in [3.63, 3.8) is 0 Å². The van der Waals surface area contributed by atoms with Gasteiger partial charge < -0.3 is 5.32 Å². The van der Waals surface area contributed by atoms with Crippen LogP contribution in [0.1, 0.15) is 12.5 Å². The average Bonchev–Trinajstić information content (AvgIpc) is 2.59. The summed E-state index contributed by atoms with van der Waals surface area (Å²) in [5, 5.41) is 2.63. The van der Waals surface area contributed by atoms with Gasteiger partial charge in [-0.2, -0.15) is 0 Å². The van der Waals surface area contributed by atoms with Gasteiger partial charge in [-0.15, -0.1) is 0 Å². The molecule has 8 heteroatoms.